The predicted molar refractivity (Wildman–Crippen MR) is 134 cm³/mol. The number of carboxylic acids is 1. The minimum atomic E-state index is -1.10. The van der Waals surface area contributed by atoms with Crippen molar-refractivity contribution < 1.29 is 19.5 Å². The number of carbonyl (C=O) groups excluding carboxylic acids is 2. The van der Waals surface area contributed by atoms with Crippen molar-refractivity contribution in [3.05, 3.63) is 82.9 Å². The van der Waals surface area contributed by atoms with Crippen LogP contribution in [0.25, 0.3) is 11.1 Å². The molecule has 0 spiro atoms. The van der Waals surface area contributed by atoms with Crippen LogP contribution in [0.15, 0.2) is 66.7 Å². The van der Waals surface area contributed by atoms with Gasteiger partial charge in [0, 0.05) is 27.9 Å². The molecule has 3 aromatic carbocycles. The summed E-state index contributed by atoms with van der Waals surface area (Å²) in [6.45, 7) is 3.23. The molecule has 1 unspecified atom stereocenters. The second kappa shape index (κ2) is 9.31. The van der Waals surface area contributed by atoms with Crippen molar-refractivity contribution >= 4 is 40.8 Å². The molecule has 34 heavy (non-hydrogen) atoms. The summed E-state index contributed by atoms with van der Waals surface area (Å²) >= 11 is 5.94. The molecule has 0 fully saturated rings. The molecule has 0 aromatic heterocycles. The van der Waals surface area contributed by atoms with Crippen LogP contribution >= 0.6 is 11.6 Å². The van der Waals surface area contributed by atoms with Gasteiger partial charge in [-0.1, -0.05) is 48.0 Å². The highest BCUT2D eigenvalue weighted by Crippen LogP contribution is 2.39. The number of rotatable bonds is 5. The summed E-state index contributed by atoms with van der Waals surface area (Å²) in [5, 5.41) is 15.6. The lowest BCUT2D eigenvalue weighted by molar-refractivity contribution is -0.149. The number of Topliss-reactive ketones (excluding diaryl/α,β-unsaturated/α-hetero) is 1. The van der Waals surface area contributed by atoms with E-state index in [1.165, 1.54) is 0 Å². The van der Waals surface area contributed by atoms with Crippen LogP contribution in [0.1, 0.15) is 36.2 Å². The van der Waals surface area contributed by atoms with Crippen molar-refractivity contribution in [3.8, 4) is 11.1 Å². The fraction of sp³-hybridized carbons (Fsp3) is 0.222. The molecule has 174 valence electrons. The zero-order chi connectivity index (χ0) is 24.5. The molecule has 3 aromatic rings. The van der Waals surface area contributed by atoms with Crippen molar-refractivity contribution in [3.63, 3.8) is 0 Å². The predicted octanol–water partition coefficient (Wildman–Crippen LogP) is 6.51. The van der Waals surface area contributed by atoms with Crippen molar-refractivity contribution in [1.82, 2.24) is 0 Å². The van der Waals surface area contributed by atoms with E-state index in [9.17, 15) is 19.5 Å². The Morgan fingerprint density at radius 1 is 0.941 bits per heavy atom. The maximum Gasteiger partial charge on any atom is 0.323 e. The first-order valence-electron chi connectivity index (χ1n) is 11.0. The minimum absolute atomic E-state index is 0.106. The number of hydrogen-bond acceptors (Lipinski definition) is 3. The minimum Gasteiger partial charge on any atom is -0.481 e. The van der Waals surface area contributed by atoms with Crippen LogP contribution in [0, 0.1) is 11.3 Å². The van der Waals surface area contributed by atoms with Crippen LogP contribution < -0.4 is 10.6 Å². The Labute approximate surface area is 203 Å². The van der Waals surface area contributed by atoms with Gasteiger partial charge in [-0.2, -0.15) is 0 Å². The van der Waals surface area contributed by atoms with Crippen LogP contribution in [0.4, 0.5) is 16.2 Å². The van der Waals surface area contributed by atoms with Gasteiger partial charge in [0.2, 0.25) is 0 Å². The summed E-state index contributed by atoms with van der Waals surface area (Å²) in [7, 11) is 0. The molecule has 0 heterocycles. The number of ketones is 1. The molecule has 2 amide bonds. The van der Waals surface area contributed by atoms with Gasteiger partial charge >= 0.3 is 12.0 Å². The van der Waals surface area contributed by atoms with Crippen molar-refractivity contribution in [1.29, 1.82) is 0 Å². The molecular weight excluding hydrogens is 452 g/mol. The lowest BCUT2D eigenvalue weighted by Gasteiger charge is -2.33. The average molecular weight is 477 g/mol. The molecule has 0 bridgehead atoms. The Bertz CT molecular complexity index is 1270. The second-order valence-corrected chi connectivity index (χ2v) is 9.46. The van der Waals surface area contributed by atoms with Crippen LogP contribution in [0.3, 0.4) is 0 Å². The highest BCUT2D eigenvalue weighted by atomic mass is 35.5. The van der Waals surface area contributed by atoms with Gasteiger partial charge in [0.1, 0.15) is 0 Å². The third kappa shape index (κ3) is 4.82. The number of anilines is 2. The van der Waals surface area contributed by atoms with Gasteiger partial charge in [-0.3, -0.25) is 9.59 Å². The Hall–Kier alpha value is -3.64. The number of benzene rings is 3. The summed E-state index contributed by atoms with van der Waals surface area (Å²) in [6.07, 6.45) is 1.17. The first-order chi connectivity index (χ1) is 16.1. The number of urea groups is 1. The largest absolute Gasteiger partial charge is 0.481 e. The van der Waals surface area contributed by atoms with Gasteiger partial charge in [0.15, 0.2) is 5.78 Å². The van der Waals surface area contributed by atoms with E-state index in [1.807, 2.05) is 36.4 Å². The SMILES string of the molecule is CC(C)(C(=O)O)C1CCc2cc(-c3ccc(NC(=O)Nc4cccc(Cl)c4)cc3)ccc2C1=O. The van der Waals surface area contributed by atoms with Gasteiger partial charge in [-0.05, 0) is 73.7 Å². The number of halogens is 1. The number of fused-ring (bicyclic) bond motifs is 1. The molecule has 6 nitrogen and oxygen atoms in total. The van der Waals surface area contributed by atoms with E-state index in [4.69, 9.17) is 11.6 Å². The summed E-state index contributed by atoms with van der Waals surface area (Å²) in [5.41, 5.74) is 3.57. The maximum absolute atomic E-state index is 13.0. The number of hydrogen-bond donors (Lipinski definition) is 3. The van der Waals surface area contributed by atoms with E-state index in [0.717, 1.165) is 16.7 Å². The van der Waals surface area contributed by atoms with E-state index in [0.29, 0.717) is 34.8 Å². The Morgan fingerprint density at radius 2 is 1.62 bits per heavy atom. The van der Waals surface area contributed by atoms with Crippen molar-refractivity contribution in [2.24, 2.45) is 11.3 Å². The molecule has 0 aliphatic heterocycles. The molecular formula is C27H25ClN2O4. The van der Waals surface area contributed by atoms with Crippen molar-refractivity contribution in [2.45, 2.75) is 26.7 Å². The lowest BCUT2D eigenvalue weighted by Crippen LogP contribution is -2.40. The fourth-order valence-electron chi connectivity index (χ4n) is 4.28. The summed E-state index contributed by atoms with van der Waals surface area (Å²) in [4.78, 5) is 36.9. The molecule has 0 saturated heterocycles. The molecule has 0 saturated carbocycles. The van der Waals surface area contributed by atoms with E-state index < -0.39 is 17.3 Å². The number of aliphatic carboxylic acids is 1. The first-order valence-corrected chi connectivity index (χ1v) is 11.4. The third-order valence-electron chi connectivity index (χ3n) is 6.37. The maximum atomic E-state index is 13.0. The van der Waals surface area contributed by atoms with Gasteiger partial charge in [0.05, 0.1) is 5.41 Å². The second-order valence-electron chi connectivity index (χ2n) is 9.02. The summed E-state index contributed by atoms with van der Waals surface area (Å²) < 4.78 is 0. The molecule has 1 aliphatic carbocycles. The smallest absolute Gasteiger partial charge is 0.323 e. The molecule has 4 rings (SSSR count). The van der Waals surface area contributed by atoms with Gasteiger partial charge in [0.25, 0.3) is 0 Å². The lowest BCUT2D eigenvalue weighted by atomic mass is 9.68. The Kier molecular flexibility index (Phi) is 6.44. The molecule has 7 heteroatoms. The third-order valence-corrected chi connectivity index (χ3v) is 6.61. The van der Waals surface area contributed by atoms with E-state index in [1.54, 1.807) is 44.2 Å². The van der Waals surface area contributed by atoms with E-state index >= 15 is 0 Å². The fourth-order valence-corrected chi connectivity index (χ4v) is 4.47. The molecule has 1 aliphatic rings. The molecule has 1 atom stereocenters. The zero-order valence-electron chi connectivity index (χ0n) is 18.9. The van der Waals surface area contributed by atoms with Crippen LogP contribution in [-0.2, 0) is 11.2 Å². The normalized spacial score (nSPS) is 15.4. The molecule has 3 N–H and O–H groups in total. The van der Waals surface area contributed by atoms with E-state index in [-0.39, 0.29) is 11.8 Å². The highest BCUT2D eigenvalue weighted by molar-refractivity contribution is 6.30. The Balaban J connectivity index is 1.46. The van der Waals surface area contributed by atoms with Gasteiger partial charge in [-0.15, -0.1) is 0 Å². The first kappa shape index (κ1) is 23.5. The number of carbonyl (C=O) groups is 3. The number of amides is 2. The highest BCUT2D eigenvalue weighted by Gasteiger charge is 2.43. The van der Waals surface area contributed by atoms with Gasteiger partial charge < -0.3 is 15.7 Å². The van der Waals surface area contributed by atoms with Crippen LogP contribution in [-0.4, -0.2) is 22.9 Å². The average Bonchev–Trinajstić information content (AvgIpc) is 2.79. The quantitative estimate of drug-likeness (QED) is 0.391. The number of carboxylic acid groups (broad SMARTS) is 1. The van der Waals surface area contributed by atoms with E-state index in [2.05, 4.69) is 10.6 Å². The monoisotopic (exact) mass is 476 g/mol. The Morgan fingerprint density at radius 3 is 2.29 bits per heavy atom. The van der Waals surface area contributed by atoms with Crippen LogP contribution in [0.2, 0.25) is 5.02 Å². The van der Waals surface area contributed by atoms with Gasteiger partial charge in [-0.25, -0.2) is 4.79 Å². The van der Waals surface area contributed by atoms with Crippen molar-refractivity contribution in [2.75, 3.05) is 10.6 Å². The number of aryl methyl sites for hydroxylation is 1. The summed E-state index contributed by atoms with van der Waals surface area (Å²) in [6, 6.07) is 19.6. The zero-order valence-corrected chi connectivity index (χ0v) is 19.6. The standard InChI is InChI=1S/C27H25ClN2O4/c1-27(2,25(32)33)23-13-9-18-14-17(8-12-22(18)24(23)31)16-6-10-20(11-7-16)29-26(34)30-21-5-3-4-19(28)15-21/h3-8,10-12,14-15,23H,9,13H2,1-2H3,(H,32,33)(H2,29,30,34). The topological polar surface area (TPSA) is 95.5 Å². The molecule has 0 radical (unpaired) electrons. The number of nitrogens with one attached hydrogen (secondary N) is 2. The summed E-state index contributed by atoms with van der Waals surface area (Å²) in [5.74, 6) is -1.60. The van der Waals surface area contributed by atoms with Crippen LogP contribution in [0.5, 0.6) is 0 Å².